The number of carbonyl (C=O) groups is 1. The summed E-state index contributed by atoms with van der Waals surface area (Å²) in [4.78, 5) is 23.1. The average molecular weight is 285 g/mol. The highest BCUT2D eigenvalue weighted by Gasteiger charge is 2.04. The molecule has 108 valence electrons. The minimum atomic E-state index is -0.405. The van der Waals surface area contributed by atoms with Crippen LogP contribution in [0.3, 0.4) is 0 Å². The van der Waals surface area contributed by atoms with Crippen LogP contribution in [0, 0.1) is 6.92 Å². The van der Waals surface area contributed by atoms with Crippen LogP contribution in [-0.4, -0.2) is 24.0 Å². The van der Waals surface area contributed by atoms with Gasteiger partial charge >= 0.3 is 5.97 Å². The van der Waals surface area contributed by atoms with Crippen molar-refractivity contribution in [2.45, 2.75) is 6.92 Å². The minimum absolute atomic E-state index is 0.266. The van der Waals surface area contributed by atoms with Crippen molar-refractivity contribution in [1.29, 1.82) is 0 Å². The fourth-order valence-electron chi connectivity index (χ4n) is 1.79. The van der Waals surface area contributed by atoms with E-state index in [0.717, 1.165) is 15.8 Å². The molecule has 0 atom stereocenters. The Labute approximate surface area is 121 Å². The number of nitrogens with two attached hydrogens (primary N) is 1. The molecule has 0 aliphatic carbocycles. The summed E-state index contributed by atoms with van der Waals surface area (Å²) >= 11 is 0. The van der Waals surface area contributed by atoms with Gasteiger partial charge in [-0.05, 0) is 36.2 Å². The van der Waals surface area contributed by atoms with E-state index in [1.165, 1.54) is 19.4 Å². The fraction of sp³-hybridized carbons (Fsp3) is 0.133. The molecular weight excluding hydrogens is 270 g/mol. The predicted molar refractivity (Wildman–Crippen MR) is 80.6 cm³/mol. The van der Waals surface area contributed by atoms with Crippen molar-refractivity contribution in [3.63, 3.8) is 0 Å². The van der Waals surface area contributed by atoms with Gasteiger partial charge in [0, 0.05) is 6.07 Å². The molecule has 6 nitrogen and oxygen atoms in total. The van der Waals surface area contributed by atoms with E-state index in [1.807, 2.05) is 0 Å². The van der Waals surface area contributed by atoms with Crippen molar-refractivity contribution in [3.8, 4) is 0 Å². The highest BCUT2D eigenvalue weighted by molar-refractivity contribution is 5.90. The molecule has 1 aromatic heterocycles. The maximum atomic E-state index is 11.8. The Morgan fingerprint density at radius 1 is 1.29 bits per heavy atom. The molecule has 0 fully saturated rings. The third-order valence-corrected chi connectivity index (χ3v) is 2.83. The van der Waals surface area contributed by atoms with Gasteiger partial charge in [0.05, 0.1) is 18.9 Å². The minimum Gasteiger partial charge on any atom is -0.465 e. The molecule has 0 bridgehead atoms. The number of methoxy groups -OCH3 is 1. The van der Waals surface area contributed by atoms with Crippen LogP contribution in [0.4, 0.5) is 5.82 Å². The molecule has 0 aliphatic heterocycles. The lowest BCUT2D eigenvalue weighted by atomic mass is 10.1. The van der Waals surface area contributed by atoms with Gasteiger partial charge in [0.25, 0.3) is 5.56 Å². The molecule has 21 heavy (non-hydrogen) atoms. The maximum absolute atomic E-state index is 11.8. The molecule has 1 aromatic carbocycles. The van der Waals surface area contributed by atoms with Crippen molar-refractivity contribution in [3.05, 3.63) is 63.4 Å². The zero-order chi connectivity index (χ0) is 15.4. The molecule has 0 saturated heterocycles. The van der Waals surface area contributed by atoms with Crippen LogP contribution in [0.5, 0.6) is 0 Å². The van der Waals surface area contributed by atoms with Gasteiger partial charge in [-0.15, -0.1) is 0 Å². The number of ether oxygens (including phenoxy) is 1. The van der Waals surface area contributed by atoms with Gasteiger partial charge in [-0.1, -0.05) is 12.1 Å². The Bertz CT molecular complexity index is 746. The second-order valence-electron chi connectivity index (χ2n) is 4.47. The fourth-order valence-corrected chi connectivity index (χ4v) is 1.79. The first-order chi connectivity index (χ1) is 10.0. The van der Waals surface area contributed by atoms with Crippen molar-refractivity contribution in [1.82, 2.24) is 4.68 Å². The Hall–Kier alpha value is -2.89. The highest BCUT2D eigenvalue weighted by atomic mass is 16.5. The molecule has 0 amide bonds. The van der Waals surface area contributed by atoms with Crippen LogP contribution in [0.1, 0.15) is 21.5 Å². The lowest BCUT2D eigenvalue weighted by Crippen LogP contribution is -2.19. The maximum Gasteiger partial charge on any atom is 0.337 e. The number of esters is 1. The largest absolute Gasteiger partial charge is 0.465 e. The van der Waals surface area contributed by atoms with Gasteiger partial charge in [0.15, 0.2) is 0 Å². The quantitative estimate of drug-likeness (QED) is 0.682. The van der Waals surface area contributed by atoms with Crippen LogP contribution in [0.15, 0.2) is 46.3 Å². The molecule has 2 rings (SSSR count). The molecule has 0 saturated carbocycles. The van der Waals surface area contributed by atoms with Crippen LogP contribution in [-0.2, 0) is 4.74 Å². The van der Waals surface area contributed by atoms with Gasteiger partial charge in [-0.3, -0.25) is 4.79 Å². The molecule has 0 spiro atoms. The monoisotopic (exact) mass is 285 g/mol. The van der Waals surface area contributed by atoms with E-state index in [4.69, 9.17) is 5.73 Å². The number of benzene rings is 1. The number of anilines is 1. The summed E-state index contributed by atoms with van der Waals surface area (Å²) in [7, 11) is 1.32. The van der Waals surface area contributed by atoms with Crippen LogP contribution in [0.25, 0.3) is 0 Å². The first kappa shape index (κ1) is 14.5. The van der Waals surface area contributed by atoms with Crippen LogP contribution in [0.2, 0.25) is 0 Å². The molecule has 1 heterocycles. The van der Waals surface area contributed by atoms with E-state index in [9.17, 15) is 9.59 Å². The molecule has 2 aromatic rings. The number of nitrogens with zero attached hydrogens (tertiary/aromatic N) is 2. The van der Waals surface area contributed by atoms with Crippen molar-refractivity contribution in [2.75, 3.05) is 12.8 Å². The van der Waals surface area contributed by atoms with E-state index >= 15 is 0 Å². The van der Waals surface area contributed by atoms with E-state index in [1.54, 1.807) is 37.3 Å². The summed E-state index contributed by atoms with van der Waals surface area (Å²) in [5.74, 6) is -0.139. The third-order valence-electron chi connectivity index (χ3n) is 2.83. The summed E-state index contributed by atoms with van der Waals surface area (Å²) < 4.78 is 5.73. The van der Waals surface area contributed by atoms with Gasteiger partial charge in [0.2, 0.25) is 0 Å². The normalized spacial score (nSPS) is 10.8. The molecular formula is C15H15N3O3. The lowest BCUT2D eigenvalue weighted by molar-refractivity contribution is 0.0601. The zero-order valence-electron chi connectivity index (χ0n) is 11.7. The van der Waals surface area contributed by atoms with Gasteiger partial charge in [-0.25, -0.2) is 4.79 Å². The van der Waals surface area contributed by atoms with Gasteiger partial charge in [-0.2, -0.15) is 9.78 Å². The Kier molecular flexibility index (Phi) is 4.18. The van der Waals surface area contributed by atoms with Crippen LogP contribution >= 0.6 is 0 Å². The SMILES string of the molecule is COC(=O)c1ccc(/C=N\n2c(N)cc(C)cc2=O)cc1. The van der Waals surface area contributed by atoms with Gasteiger partial charge < -0.3 is 10.5 Å². The molecule has 0 aliphatic rings. The van der Waals surface area contributed by atoms with E-state index in [-0.39, 0.29) is 11.4 Å². The smallest absolute Gasteiger partial charge is 0.337 e. The molecule has 0 unspecified atom stereocenters. The van der Waals surface area contributed by atoms with Crippen molar-refractivity contribution < 1.29 is 9.53 Å². The van der Waals surface area contributed by atoms with Crippen molar-refractivity contribution >= 4 is 18.0 Å². The zero-order valence-corrected chi connectivity index (χ0v) is 11.7. The second kappa shape index (κ2) is 6.04. The average Bonchev–Trinajstić information content (AvgIpc) is 2.46. The van der Waals surface area contributed by atoms with E-state index < -0.39 is 5.97 Å². The summed E-state index contributed by atoms with van der Waals surface area (Å²) in [5, 5.41) is 4.05. The molecule has 0 radical (unpaired) electrons. The van der Waals surface area contributed by atoms with Crippen LogP contribution < -0.4 is 11.3 Å². The third kappa shape index (κ3) is 3.36. The van der Waals surface area contributed by atoms with Crippen molar-refractivity contribution in [2.24, 2.45) is 5.10 Å². The number of aromatic nitrogens is 1. The number of carbonyl (C=O) groups excluding carboxylic acids is 1. The highest BCUT2D eigenvalue weighted by Crippen LogP contribution is 2.05. The lowest BCUT2D eigenvalue weighted by Gasteiger charge is -2.04. The Morgan fingerprint density at radius 2 is 1.95 bits per heavy atom. The summed E-state index contributed by atoms with van der Waals surface area (Å²) in [6.45, 7) is 1.79. The Morgan fingerprint density at radius 3 is 2.52 bits per heavy atom. The Balaban J connectivity index is 2.26. The number of hydrogen-bond donors (Lipinski definition) is 1. The number of nitrogen functional groups attached to an aromatic ring is 1. The topological polar surface area (TPSA) is 86.7 Å². The molecule has 6 heteroatoms. The summed E-state index contributed by atoms with van der Waals surface area (Å²) in [6, 6.07) is 9.76. The number of hydrogen-bond acceptors (Lipinski definition) is 5. The number of pyridine rings is 1. The first-order valence-corrected chi connectivity index (χ1v) is 6.23. The first-order valence-electron chi connectivity index (χ1n) is 6.23. The molecule has 2 N–H and O–H groups in total. The number of aryl methyl sites for hydroxylation is 1. The number of rotatable bonds is 3. The van der Waals surface area contributed by atoms with Gasteiger partial charge in [0.1, 0.15) is 5.82 Å². The van der Waals surface area contributed by atoms with E-state index in [0.29, 0.717) is 5.56 Å². The standard InChI is InChI=1S/C15H15N3O3/c1-10-7-13(16)18(14(19)8-10)17-9-11-3-5-12(6-4-11)15(20)21-2/h3-9H,16H2,1-2H3/b17-9-. The summed E-state index contributed by atoms with van der Waals surface area (Å²) in [6.07, 6.45) is 1.49. The second-order valence-corrected chi connectivity index (χ2v) is 4.47. The predicted octanol–water partition coefficient (Wildman–Crippen LogP) is 1.41. The van der Waals surface area contributed by atoms with E-state index in [2.05, 4.69) is 9.84 Å². The summed E-state index contributed by atoms with van der Waals surface area (Å²) in [5.41, 5.74) is 7.42.